The van der Waals surface area contributed by atoms with Crippen LogP contribution in [0.2, 0.25) is 0 Å². The Hall–Kier alpha value is -1.11. The molecule has 0 bridgehead atoms. The molecule has 0 radical (unpaired) electrons. The molecule has 0 aliphatic carbocycles. The van der Waals surface area contributed by atoms with E-state index in [1.807, 2.05) is 36.2 Å². The lowest BCUT2D eigenvalue weighted by Crippen LogP contribution is -2.43. The molecule has 1 aromatic carbocycles. The molecular weight excluding hydrogens is 406 g/mol. The Bertz CT molecular complexity index is 620. The zero-order valence-corrected chi connectivity index (χ0v) is 16.8. The summed E-state index contributed by atoms with van der Waals surface area (Å²) in [6.45, 7) is 3.13. The molecule has 2 aliphatic rings. The number of amides is 2. The van der Waals surface area contributed by atoms with E-state index in [-0.39, 0.29) is 30.1 Å². The summed E-state index contributed by atoms with van der Waals surface area (Å²) in [5.41, 5.74) is 0.859. The first-order valence-corrected chi connectivity index (χ1v) is 9.37. The number of rotatable bonds is 4. The molecule has 0 spiro atoms. The van der Waals surface area contributed by atoms with Crippen LogP contribution in [0.5, 0.6) is 0 Å². The van der Waals surface area contributed by atoms with E-state index in [2.05, 4.69) is 21.2 Å². The second-order valence-electron chi connectivity index (χ2n) is 6.71. The molecule has 0 aromatic heterocycles. The predicted octanol–water partition coefficient (Wildman–Crippen LogP) is 2.68. The first-order chi connectivity index (χ1) is 11.6. The Labute approximate surface area is 163 Å². The first kappa shape index (κ1) is 20.2. The number of nitrogens with one attached hydrogen (secondary N) is 1. The third-order valence-corrected chi connectivity index (χ3v) is 5.51. The molecular formula is C18H25BrClN3O2. The summed E-state index contributed by atoms with van der Waals surface area (Å²) in [6.07, 6.45) is 2.41. The average Bonchev–Trinajstić information content (AvgIpc) is 2.97. The van der Waals surface area contributed by atoms with Crippen molar-refractivity contribution in [3.63, 3.8) is 0 Å². The Morgan fingerprint density at radius 1 is 1.32 bits per heavy atom. The summed E-state index contributed by atoms with van der Waals surface area (Å²) in [5.74, 6) is 0.625. The van der Waals surface area contributed by atoms with Gasteiger partial charge in [0, 0.05) is 36.2 Å². The fourth-order valence-electron chi connectivity index (χ4n) is 3.67. The van der Waals surface area contributed by atoms with Gasteiger partial charge in [-0.1, -0.05) is 22.0 Å². The van der Waals surface area contributed by atoms with Gasteiger partial charge in [-0.25, -0.2) is 0 Å². The quantitative estimate of drug-likeness (QED) is 0.799. The minimum atomic E-state index is -0.211. The van der Waals surface area contributed by atoms with Crippen LogP contribution in [0, 0.1) is 11.8 Å². The van der Waals surface area contributed by atoms with Crippen LogP contribution in [0.4, 0.5) is 5.69 Å². The molecule has 3 rings (SSSR count). The van der Waals surface area contributed by atoms with E-state index in [9.17, 15) is 9.59 Å². The Morgan fingerprint density at radius 2 is 2.04 bits per heavy atom. The summed E-state index contributed by atoms with van der Waals surface area (Å²) in [4.78, 5) is 28.8. The molecule has 2 amide bonds. The van der Waals surface area contributed by atoms with Crippen molar-refractivity contribution >= 4 is 45.8 Å². The zero-order valence-electron chi connectivity index (χ0n) is 14.4. The number of hydrogen-bond donors (Lipinski definition) is 1. The normalized spacial score (nSPS) is 21.4. The van der Waals surface area contributed by atoms with Crippen LogP contribution in [-0.2, 0) is 9.59 Å². The van der Waals surface area contributed by atoms with E-state index < -0.39 is 0 Å². The van der Waals surface area contributed by atoms with E-state index in [1.54, 1.807) is 4.90 Å². The van der Waals surface area contributed by atoms with Crippen molar-refractivity contribution in [3.8, 4) is 0 Å². The number of carbonyl (C=O) groups is 2. The van der Waals surface area contributed by atoms with Gasteiger partial charge in [0.25, 0.3) is 0 Å². The smallest absolute Gasteiger partial charge is 0.228 e. The van der Waals surface area contributed by atoms with Crippen LogP contribution >= 0.6 is 28.3 Å². The molecule has 138 valence electrons. The van der Waals surface area contributed by atoms with Crippen molar-refractivity contribution in [3.05, 3.63) is 28.7 Å². The zero-order chi connectivity index (χ0) is 17.1. The molecule has 5 nitrogen and oxygen atoms in total. The van der Waals surface area contributed by atoms with Crippen molar-refractivity contribution in [2.45, 2.75) is 19.3 Å². The fourth-order valence-corrected chi connectivity index (χ4v) is 4.06. The van der Waals surface area contributed by atoms with Crippen LogP contribution < -0.4 is 10.2 Å². The predicted molar refractivity (Wildman–Crippen MR) is 105 cm³/mol. The molecule has 1 aromatic rings. The molecule has 0 saturated carbocycles. The number of likely N-dealkylation sites (tertiary alicyclic amines) is 1. The standard InChI is InChI=1S/C18H24BrN3O2.ClH/c1-20-11-13-5-7-21(8-6-13)18(24)14-9-17(23)22(12-14)16-4-2-3-15(19)10-16;/h2-4,10,13-14,20H,5-9,11-12H2,1H3;1H. The number of benzene rings is 1. The molecule has 2 fully saturated rings. The SMILES string of the molecule is CNCC1CCN(C(=O)C2CC(=O)N(c3cccc(Br)c3)C2)CC1.Cl. The van der Waals surface area contributed by atoms with Gasteiger partial charge >= 0.3 is 0 Å². The van der Waals surface area contributed by atoms with Gasteiger partial charge in [0.15, 0.2) is 0 Å². The second kappa shape index (κ2) is 9.01. The van der Waals surface area contributed by atoms with E-state index in [0.717, 1.165) is 42.6 Å². The fraction of sp³-hybridized carbons (Fsp3) is 0.556. The van der Waals surface area contributed by atoms with E-state index in [0.29, 0.717) is 18.9 Å². The molecule has 1 unspecified atom stereocenters. The lowest BCUT2D eigenvalue weighted by atomic mass is 9.95. The Balaban J connectivity index is 0.00000225. The van der Waals surface area contributed by atoms with Gasteiger partial charge in [-0.15, -0.1) is 12.4 Å². The molecule has 1 atom stereocenters. The summed E-state index contributed by atoms with van der Waals surface area (Å²) in [6, 6.07) is 7.68. The van der Waals surface area contributed by atoms with Gasteiger partial charge in [-0.2, -0.15) is 0 Å². The van der Waals surface area contributed by atoms with Crippen molar-refractivity contribution in [1.82, 2.24) is 10.2 Å². The van der Waals surface area contributed by atoms with Crippen LogP contribution in [-0.4, -0.2) is 49.9 Å². The monoisotopic (exact) mass is 429 g/mol. The Kier molecular flexibility index (Phi) is 7.28. The third-order valence-electron chi connectivity index (χ3n) is 5.01. The van der Waals surface area contributed by atoms with Gasteiger partial charge < -0.3 is 15.1 Å². The summed E-state index contributed by atoms with van der Waals surface area (Å²) >= 11 is 3.44. The topological polar surface area (TPSA) is 52.7 Å². The van der Waals surface area contributed by atoms with Crippen molar-refractivity contribution < 1.29 is 9.59 Å². The highest BCUT2D eigenvalue weighted by Crippen LogP contribution is 2.29. The molecule has 25 heavy (non-hydrogen) atoms. The number of carbonyl (C=O) groups excluding carboxylic acids is 2. The van der Waals surface area contributed by atoms with E-state index in [4.69, 9.17) is 0 Å². The highest BCUT2D eigenvalue weighted by atomic mass is 79.9. The van der Waals surface area contributed by atoms with Gasteiger partial charge in [-0.3, -0.25) is 9.59 Å². The van der Waals surface area contributed by atoms with Gasteiger partial charge in [0.2, 0.25) is 11.8 Å². The second-order valence-corrected chi connectivity index (χ2v) is 7.63. The van der Waals surface area contributed by atoms with E-state index in [1.165, 1.54) is 0 Å². The Morgan fingerprint density at radius 3 is 2.68 bits per heavy atom. The van der Waals surface area contributed by atoms with Gasteiger partial charge in [-0.05, 0) is 50.6 Å². The highest BCUT2D eigenvalue weighted by Gasteiger charge is 2.38. The van der Waals surface area contributed by atoms with Crippen LogP contribution in [0.3, 0.4) is 0 Å². The highest BCUT2D eigenvalue weighted by molar-refractivity contribution is 9.10. The average molecular weight is 431 g/mol. The summed E-state index contributed by atoms with van der Waals surface area (Å²) in [7, 11) is 1.97. The molecule has 2 aliphatic heterocycles. The number of anilines is 1. The summed E-state index contributed by atoms with van der Waals surface area (Å²) < 4.78 is 0.939. The maximum absolute atomic E-state index is 12.8. The third kappa shape index (κ3) is 4.74. The molecule has 1 N–H and O–H groups in total. The molecule has 2 heterocycles. The number of halogens is 2. The first-order valence-electron chi connectivity index (χ1n) is 8.58. The number of piperidine rings is 1. The minimum absolute atomic E-state index is 0. The number of hydrogen-bond acceptors (Lipinski definition) is 3. The summed E-state index contributed by atoms with van der Waals surface area (Å²) in [5, 5.41) is 3.21. The molecule has 7 heteroatoms. The largest absolute Gasteiger partial charge is 0.342 e. The number of nitrogens with zero attached hydrogens (tertiary/aromatic N) is 2. The van der Waals surface area contributed by atoms with Crippen molar-refractivity contribution in [1.29, 1.82) is 0 Å². The maximum Gasteiger partial charge on any atom is 0.228 e. The minimum Gasteiger partial charge on any atom is -0.342 e. The van der Waals surface area contributed by atoms with Crippen molar-refractivity contribution in [2.75, 3.05) is 38.1 Å². The van der Waals surface area contributed by atoms with Gasteiger partial charge in [0.1, 0.15) is 0 Å². The molecule has 2 saturated heterocycles. The van der Waals surface area contributed by atoms with Crippen LogP contribution in [0.15, 0.2) is 28.7 Å². The lowest BCUT2D eigenvalue weighted by Gasteiger charge is -2.33. The van der Waals surface area contributed by atoms with Gasteiger partial charge in [0.05, 0.1) is 5.92 Å². The maximum atomic E-state index is 12.8. The van der Waals surface area contributed by atoms with Crippen molar-refractivity contribution in [2.24, 2.45) is 11.8 Å². The van der Waals surface area contributed by atoms with Crippen LogP contribution in [0.1, 0.15) is 19.3 Å². The van der Waals surface area contributed by atoms with E-state index >= 15 is 0 Å². The lowest BCUT2D eigenvalue weighted by molar-refractivity contribution is -0.137. The van der Waals surface area contributed by atoms with Crippen LogP contribution in [0.25, 0.3) is 0 Å².